The fraction of sp³-hybridized carbons (Fsp3) is 0.286. The van der Waals surface area contributed by atoms with Gasteiger partial charge in [-0.25, -0.2) is 0 Å². The highest BCUT2D eigenvalue weighted by Gasteiger charge is 2.15. The zero-order valence-corrected chi connectivity index (χ0v) is 12.5. The minimum atomic E-state index is -0.524. The molecule has 1 unspecified atom stereocenters. The van der Waals surface area contributed by atoms with Crippen molar-refractivity contribution in [1.29, 1.82) is 0 Å². The van der Waals surface area contributed by atoms with Gasteiger partial charge in [0.15, 0.2) is 0 Å². The third-order valence-corrected chi connectivity index (χ3v) is 4.89. The first-order valence-electron chi connectivity index (χ1n) is 5.49. The molecular formula is C14H15BrOS. The fourth-order valence-corrected chi connectivity index (χ4v) is 3.52. The van der Waals surface area contributed by atoms with E-state index in [9.17, 15) is 5.11 Å². The Morgan fingerprint density at radius 2 is 1.65 bits per heavy atom. The Bertz CT molecular complexity index is 505. The second-order valence-electron chi connectivity index (χ2n) is 4.38. The summed E-state index contributed by atoms with van der Waals surface area (Å²) in [6.07, 6.45) is -0.524. The zero-order chi connectivity index (χ0) is 12.6. The van der Waals surface area contributed by atoms with E-state index < -0.39 is 6.10 Å². The highest BCUT2D eigenvalue weighted by molar-refractivity contribution is 9.10. The Labute approximate surface area is 114 Å². The molecule has 1 aromatic carbocycles. The van der Waals surface area contributed by atoms with Crippen molar-refractivity contribution in [2.75, 3.05) is 0 Å². The molecule has 2 aromatic rings. The molecule has 1 aromatic heterocycles. The van der Waals surface area contributed by atoms with E-state index in [1.807, 2.05) is 25.1 Å². The van der Waals surface area contributed by atoms with Crippen LogP contribution in [0.4, 0.5) is 0 Å². The minimum Gasteiger partial charge on any atom is -0.383 e. The van der Waals surface area contributed by atoms with Crippen LogP contribution >= 0.6 is 27.3 Å². The summed E-state index contributed by atoms with van der Waals surface area (Å²) in [4.78, 5) is 2.18. The van der Waals surface area contributed by atoms with Gasteiger partial charge in [-0.3, -0.25) is 0 Å². The zero-order valence-electron chi connectivity index (χ0n) is 10.1. The average molecular weight is 311 g/mol. The van der Waals surface area contributed by atoms with Crippen molar-refractivity contribution >= 4 is 27.3 Å². The SMILES string of the molecule is Cc1cc(C)cc(C(O)c2cc(Br)c(C)s2)c1. The first-order chi connectivity index (χ1) is 7.97. The second kappa shape index (κ2) is 4.92. The Morgan fingerprint density at radius 3 is 2.12 bits per heavy atom. The molecule has 0 aliphatic carbocycles. The molecule has 3 heteroatoms. The maximum Gasteiger partial charge on any atom is 0.113 e. The predicted molar refractivity (Wildman–Crippen MR) is 76.7 cm³/mol. The summed E-state index contributed by atoms with van der Waals surface area (Å²) < 4.78 is 1.07. The molecule has 1 nitrogen and oxygen atoms in total. The van der Waals surface area contributed by atoms with Crippen LogP contribution in [0.5, 0.6) is 0 Å². The smallest absolute Gasteiger partial charge is 0.113 e. The van der Waals surface area contributed by atoms with Crippen LogP contribution in [-0.4, -0.2) is 5.11 Å². The van der Waals surface area contributed by atoms with Crippen molar-refractivity contribution in [1.82, 2.24) is 0 Å². The molecule has 0 aliphatic heterocycles. The number of aliphatic hydroxyl groups excluding tert-OH is 1. The van der Waals surface area contributed by atoms with Gasteiger partial charge in [-0.05, 0) is 48.3 Å². The summed E-state index contributed by atoms with van der Waals surface area (Å²) in [6, 6.07) is 8.20. The van der Waals surface area contributed by atoms with Crippen molar-refractivity contribution in [2.45, 2.75) is 26.9 Å². The Balaban J connectivity index is 2.39. The van der Waals surface area contributed by atoms with Crippen molar-refractivity contribution in [3.63, 3.8) is 0 Å². The number of benzene rings is 1. The molecule has 0 saturated heterocycles. The van der Waals surface area contributed by atoms with Crippen LogP contribution in [0, 0.1) is 20.8 Å². The molecule has 1 heterocycles. The standard InChI is InChI=1S/C14H15BrOS/c1-8-4-9(2)6-11(5-8)14(16)13-7-12(15)10(3)17-13/h4-7,14,16H,1-3H3. The van der Waals surface area contributed by atoms with E-state index in [0.29, 0.717) is 0 Å². The van der Waals surface area contributed by atoms with Crippen molar-refractivity contribution < 1.29 is 5.11 Å². The van der Waals surface area contributed by atoms with Crippen molar-refractivity contribution in [2.24, 2.45) is 0 Å². The van der Waals surface area contributed by atoms with Crippen LogP contribution in [0.1, 0.15) is 32.5 Å². The highest BCUT2D eigenvalue weighted by atomic mass is 79.9. The molecule has 1 atom stereocenters. The predicted octanol–water partition coefficient (Wildman–Crippen LogP) is 4.52. The maximum atomic E-state index is 10.4. The monoisotopic (exact) mass is 310 g/mol. The molecule has 0 bridgehead atoms. The largest absolute Gasteiger partial charge is 0.383 e. The van der Waals surface area contributed by atoms with Crippen LogP contribution in [0.3, 0.4) is 0 Å². The third kappa shape index (κ3) is 2.79. The Kier molecular flexibility index (Phi) is 3.71. The van der Waals surface area contributed by atoms with E-state index in [1.165, 1.54) is 16.0 Å². The van der Waals surface area contributed by atoms with E-state index in [-0.39, 0.29) is 0 Å². The number of hydrogen-bond acceptors (Lipinski definition) is 2. The maximum absolute atomic E-state index is 10.4. The van der Waals surface area contributed by atoms with Crippen LogP contribution in [0.2, 0.25) is 0 Å². The van der Waals surface area contributed by atoms with Gasteiger partial charge in [-0.1, -0.05) is 29.3 Å². The van der Waals surface area contributed by atoms with E-state index >= 15 is 0 Å². The van der Waals surface area contributed by atoms with E-state index in [2.05, 4.69) is 35.8 Å². The number of aryl methyl sites for hydroxylation is 3. The first-order valence-corrected chi connectivity index (χ1v) is 7.10. The minimum absolute atomic E-state index is 0.524. The summed E-state index contributed by atoms with van der Waals surface area (Å²) >= 11 is 5.12. The number of thiophene rings is 1. The van der Waals surface area contributed by atoms with E-state index in [0.717, 1.165) is 14.9 Å². The van der Waals surface area contributed by atoms with Crippen LogP contribution in [0.25, 0.3) is 0 Å². The molecule has 0 saturated carbocycles. The second-order valence-corrected chi connectivity index (χ2v) is 6.52. The summed E-state index contributed by atoms with van der Waals surface area (Å²) in [5.41, 5.74) is 3.34. The third-order valence-electron chi connectivity index (χ3n) is 2.71. The van der Waals surface area contributed by atoms with Gasteiger partial charge in [0.2, 0.25) is 0 Å². The van der Waals surface area contributed by atoms with Gasteiger partial charge >= 0.3 is 0 Å². The number of rotatable bonds is 2. The molecular weight excluding hydrogens is 296 g/mol. The van der Waals surface area contributed by atoms with Crippen LogP contribution < -0.4 is 0 Å². The molecule has 17 heavy (non-hydrogen) atoms. The lowest BCUT2D eigenvalue weighted by Gasteiger charge is -2.11. The Hall–Kier alpha value is -0.640. The van der Waals surface area contributed by atoms with Crippen LogP contribution in [-0.2, 0) is 0 Å². The molecule has 90 valence electrons. The molecule has 2 rings (SSSR count). The van der Waals surface area contributed by atoms with E-state index in [4.69, 9.17) is 0 Å². The summed E-state index contributed by atoms with van der Waals surface area (Å²) in [5, 5.41) is 10.4. The number of halogens is 1. The van der Waals surface area contributed by atoms with Gasteiger partial charge < -0.3 is 5.11 Å². The topological polar surface area (TPSA) is 20.2 Å². The fourth-order valence-electron chi connectivity index (χ4n) is 1.95. The lowest BCUT2D eigenvalue weighted by molar-refractivity contribution is 0.224. The van der Waals surface area contributed by atoms with Gasteiger partial charge in [0.05, 0.1) is 0 Å². The highest BCUT2D eigenvalue weighted by Crippen LogP contribution is 2.34. The van der Waals surface area contributed by atoms with Crippen molar-refractivity contribution in [3.05, 3.63) is 55.2 Å². The van der Waals surface area contributed by atoms with Gasteiger partial charge in [-0.15, -0.1) is 11.3 Å². The molecule has 0 radical (unpaired) electrons. The molecule has 0 aliphatic rings. The van der Waals surface area contributed by atoms with Crippen LogP contribution in [0.15, 0.2) is 28.7 Å². The van der Waals surface area contributed by atoms with Gasteiger partial charge in [-0.2, -0.15) is 0 Å². The molecule has 0 amide bonds. The molecule has 0 fully saturated rings. The van der Waals surface area contributed by atoms with Gasteiger partial charge in [0, 0.05) is 14.2 Å². The van der Waals surface area contributed by atoms with Crippen molar-refractivity contribution in [3.8, 4) is 0 Å². The Morgan fingerprint density at radius 1 is 1.06 bits per heavy atom. The summed E-state index contributed by atoms with van der Waals surface area (Å²) in [5.74, 6) is 0. The van der Waals surface area contributed by atoms with E-state index in [1.54, 1.807) is 11.3 Å². The molecule has 1 N–H and O–H groups in total. The lowest BCUT2D eigenvalue weighted by Crippen LogP contribution is -1.98. The number of aliphatic hydroxyl groups is 1. The first kappa shape index (κ1) is 12.8. The normalized spacial score (nSPS) is 12.8. The summed E-state index contributed by atoms with van der Waals surface area (Å²) in [6.45, 7) is 6.16. The van der Waals surface area contributed by atoms with Gasteiger partial charge in [0.25, 0.3) is 0 Å². The number of hydrogen-bond donors (Lipinski definition) is 1. The quantitative estimate of drug-likeness (QED) is 0.864. The molecule has 0 spiro atoms. The lowest BCUT2D eigenvalue weighted by atomic mass is 10.0. The average Bonchev–Trinajstić information content (AvgIpc) is 2.57. The van der Waals surface area contributed by atoms with Gasteiger partial charge in [0.1, 0.15) is 6.10 Å². The summed E-state index contributed by atoms with van der Waals surface area (Å²) in [7, 11) is 0.